The van der Waals surface area contributed by atoms with Crippen LogP contribution in [0.5, 0.6) is 0 Å². The number of nitrogens with one attached hydrogen (secondary N) is 1. The number of halogens is 4. The Morgan fingerprint density at radius 2 is 1.74 bits per heavy atom. The Labute approximate surface area is 174 Å². The van der Waals surface area contributed by atoms with Crippen LogP contribution in [-0.4, -0.2) is 47.2 Å². The van der Waals surface area contributed by atoms with E-state index in [9.17, 15) is 22.4 Å². The van der Waals surface area contributed by atoms with Crippen LogP contribution in [0.3, 0.4) is 0 Å². The fourth-order valence-electron chi connectivity index (χ4n) is 3.24. The highest BCUT2D eigenvalue weighted by molar-refractivity contribution is 6.04. The third kappa shape index (κ3) is 4.50. The molecule has 0 bridgehead atoms. The number of alkyl halides is 3. The van der Waals surface area contributed by atoms with Crippen molar-refractivity contribution in [2.45, 2.75) is 6.18 Å². The van der Waals surface area contributed by atoms with Gasteiger partial charge in [-0.05, 0) is 42.5 Å². The maximum Gasteiger partial charge on any atom is 0.435 e. The lowest BCUT2D eigenvalue weighted by Crippen LogP contribution is -2.36. The predicted octanol–water partition coefficient (Wildman–Crippen LogP) is 3.51. The van der Waals surface area contributed by atoms with E-state index >= 15 is 0 Å². The van der Waals surface area contributed by atoms with E-state index < -0.39 is 29.3 Å². The van der Waals surface area contributed by atoms with Gasteiger partial charge in [-0.25, -0.2) is 9.07 Å². The summed E-state index contributed by atoms with van der Waals surface area (Å²) in [5.74, 6) is -1.67. The molecule has 2 aromatic carbocycles. The van der Waals surface area contributed by atoms with E-state index in [4.69, 9.17) is 4.74 Å². The number of hydrogen-bond donors (Lipinski definition) is 1. The minimum Gasteiger partial charge on any atom is -0.378 e. The van der Waals surface area contributed by atoms with Gasteiger partial charge in [-0.2, -0.15) is 13.2 Å². The van der Waals surface area contributed by atoms with Crippen molar-refractivity contribution in [3.05, 3.63) is 65.7 Å². The predicted molar refractivity (Wildman–Crippen MR) is 104 cm³/mol. The van der Waals surface area contributed by atoms with Crippen LogP contribution < -0.4 is 10.2 Å². The van der Waals surface area contributed by atoms with Crippen LogP contribution in [0.15, 0.2) is 48.5 Å². The molecule has 2 heterocycles. The monoisotopic (exact) mass is 435 g/mol. The maximum absolute atomic E-state index is 13.7. The number of nitrogens with zero attached hydrogens (tertiary/aromatic N) is 4. The summed E-state index contributed by atoms with van der Waals surface area (Å²) in [4.78, 5) is 14.7. The molecule has 0 radical (unpaired) electrons. The van der Waals surface area contributed by atoms with Gasteiger partial charge in [0, 0.05) is 24.5 Å². The number of aromatic nitrogens is 3. The molecule has 0 unspecified atom stereocenters. The molecule has 162 valence electrons. The van der Waals surface area contributed by atoms with Crippen LogP contribution in [0.1, 0.15) is 16.2 Å². The lowest BCUT2D eigenvalue weighted by Gasteiger charge is -2.29. The van der Waals surface area contributed by atoms with Crippen molar-refractivity contribution in [1.29, 1.82) is 0 Å². The lowest BCUT2D eigenvalue weighted by molar-refractivity contribution is -0.143. The molecular weight excluding hydrogens is 418 g/mol. The zero-order valence-corrected chi connectivity index (χ0v) is 16.1. The Hall–Kier alpha value is -3.47. The van der Waals surface area contributed by atoms with E-state index in [1.54, 1.807) is 18.2 Å². The SMILES string of the molecule is O=C(Nc1cccc(N2CCOCC2)c1)c1nnn(-c2ccc(F)cc2)c1C(F)(F)F. The summed E-state index contributed by atoms with van der Waals surface area (Å²) in [5, 5.41) is 9.38. The normalized spacial score (nSPS) is 14.5. The third-order valence-corrected chi connectivity index (χ3v) is 4.71. The van der Waals surface area contributed by atoms with Gasteiger partial charge in [0.2, 0.25) is 0 Å². The van der Waals surface area contributed by atoms with Crippen molar-refractivity contribution in [3.8, 4) is 5.69 Å². The van der Waals surface area contributed by atoms with Crippen molar-refractivity contribution in [2.75, 3.05) is 36.5 Å². The largest absolute Gasteiger partial charge is 0.435 e. The molecule has 31 heavy (non-hydrogen) atoms. The van der Waals surface area contributed by atoms with Gasteiger partial charge >= 0.3 is 6.18 Å². The molecule has 1 fully saturated rings. The molecule has 11 heteroatoms. The summed E-state index contributed by atoms with van der Waals surface area (Å²) >= 11 is 0. The summed E-state index contributed by atoms with van der Waals surface area (Å²) in [6.07, 6.45) is -4.92. The number of anilines is 2. The molecule has 3 aromatic rings. The van der Waals surface area contributed by atoms with E-state index in [2.05, 4.69) is 15.6 Å². The smallest absolute Gasteiger partial charge is 0.378 e. The molecule has 1 aliphatic heterocycles. The molecule has 4 rings (SSSR count). The molecule has 0 atom stereocenters. The summed E-state index contributed by atoms with van der Waals surface area (Å²) in [6.45, 7) is 2.47. The Morgan fingerprint density at radius 1 is 1.03 bits per heavy atom. The Kier molecular flexibility index (Phi) is 5.59. The van der Waals surface area contributed by atoms with Crippen molar-refractivity contribution in [3.63, 3.8) is 0 Å². The van der Waals surface area contributed by atoms with Gasteiger partial charge in [0.1, 0.15) is 5.82 Å². The highest BCUT2D eigenvalue weighted by Gasteiger charge is 2.42. The fourth-order valence-corrected chi connectivity index (χ4v) is 3.24. The van der Waals surface area contributed by atoms with Gasteiger partial charge in [-0.15, -0.1) is 5.10 Å². The molecule has 1 saturated heterocycles. The summed E-state index contributed by atoms with van der Waals surface area (Å²) < 4.78 is 60.1. The topological polar surface area (TPSA) is 72.3 Å². The number of hydrogen-bond acceptors (Lipinski definition) is 5. The molecule has 1 aromatic heterocycles. The third-order valence-electron chi connectivity index (χ3n) is 4.71. The molecule has 1 aliphatic rings. The van der Waals surface area contributed by atoms with Gasteiger partial charge in [-0.1, -0.05) is 11.3 Å². The van der Waals surface area contributed by atoms with E-state index in [1.807, 2.05) is 11.0 Å². The fraction of sp³-hybridized carbons (Fsp3) is 0.250. The van der Waals surface area contributed by atoms with E-state index in [-0.39, 0.29) is 5.69 Å². The Bertz CT molecular complexity index is 1080. The summed E-state index contributed by atoms with van der Waals surface area (Å²) in [6, 6.07) is 11.0. The standard InChI is InChI=1S/C20H17F4N5O2/c21-13-4-6-15(7-5-13)29-18(20(22,23)24)17(26-27-29)19(30)25-14-2-1-3-16(12-14)28-8-10-31-11-9-28/h1-7,12H,8-11H2,(H,25,30). The minimum atomic E-state index is -4.92. The van der Waals surface area contributed by atoms with Crippen molar-refractivity contribution < 1.29 is 27.1 Å². The molecule has 0 saturated carbocycles. The van der Waals surface area contributed by atoms with Crippen LogP contribution in [0.4, 0.5) is 28.9 Å². The molecule has 1 amide bonds. The zero-order chi connectivity index (χ0) is 22.0. The van der Waals surface area contributed by atoms with Crippen molar-refractivity contribution in [2.24, 2.45) is 0 Å². The zero-order valence-electron chi connectivity index (χ0n) is 16.1. The average Bonchev–Trinajstić information content (AvgIpc) is 3.21. The molecule has 1 N–H and O–H groups in total. The summed E-state index contributed by atoms with van der Waals surface area (Å²) in [7, 11) is 0. The van der Waals surface area contributed by atoms with E-state index in [0.717, 1.165) is 30.0 Å². The minimum absolute atomic E-state index is 0.0745. The van der Waals surface area contributed by atoms with Crippen LogP contribution >= 0.6 is 0 Å². The molecule has 0 spiro atoms. The highest BCUT2D eigenvalue weighted by Crippen LogP contribution is 2.33. The number of ether oxygens (including phenoxy) is 1. The van der Waals surface area contributed by atoms with Crippen LogP contribution in [0.25, 0.3) is 5.69 Å². The van der Waals surface area contributed by atoms with E-state index in [1.165, 1.54) is 0 Å². The second-order valence-corrected chi connectivity index (χ2v) is 6.78. The van der Waals surface area contributed by atoms with Gasteiger partial charge in [0.15, 0.2) is 11.4 Å². The van der Waals surface area contributed by atoms with Crippen LogP contribution in [-0.2, 0) is 10.9 Å². The number of benzene rings is 2. The van der Waals surface area contributed by atoms with Gasteiger partial charge in [-0.3, -0.25) is 4.79 Å². The van der Waals surface area contributed by atoms with Crippen molar-refractivity contribution >= 4 is 17.3 Å². The van der Waals surface area contributed by atoms with Gasteiger partial charge in [0.25, 0.3) is 5.91 Å². The first-order chi connectivity index (χ1) is 14.8. The van der Waals surface area contributed by atoms with Crippen molar-refractivity contribution in [1.82, 2.24) is 15.0 Å². The lowest BCUT2D eigenvalue weighted by atomic mass is 10.2. The quantitative estimate of drug-likeness (QED) is 0.635. The van der Waals surface area contributed by atoms with Crippen LogP contribution in [0, 0.1) is 5.82 Å². The molecule has 0 aliphatic carbocycles. The summed E-state index contributed by atoms with van der Waals surface area (Å²) in [5.41, 5.74) is -1.17. The maximum atomic E-state index is 13.7. The second-order valence-electron chi connectivity index (χ2n) is 6.78. The number of carbonyl (C=O) groups is 1. The molecular formula is C20H17F4N5O2. The van der Waals surface area contributed by atoms with Gasteiger partial charge < -0.3 is 15.0 Å². The second kappa shape index (κ2) is 8.34. The molecule has 7 nitrogen and oxygen atoms in total. The van der Waals surface area contributed by atoms with Crippen LogP contribution in [0.2, 0.25) is 0 Å². The highest BCUT2D eigenvalue weighted by atomic mass is 19.4. The number of morpholine rings is 1. The van der Waals surface area contributed by atoms with Gasteiger partial charge in [0.05, 0.1) is 18.9 Å². The number of rotatable bonds is 4. The number of amides is 1. The van der Waals surface area contributed by atoms with E-state index in [0.29, 0.717) is 36.7 Å². The Morgan fingerprint density at radius 3 is 2.42 bits per heavy atom. The Balaban J connectivity index is 1.62. The number of carbonyl (C=O) groups excluding carboxylic acids is 1. The average molecular weight is 435 g/mol. The first kappa shape index (κ1) is 20.8. The first-order valence-electron chi connectivity index (χ1n) is 9.36. The first-order valence-corrected chi connectivity index (χ1v) is 9.36.